The summed E-state index contributed by atoms with van der Waals surface area (Å²) in [7, 11) is 0. The van der Waals surface area contributed by atoms with Crippen molar-refractivity contribution in [3.05, 3.63) is 53.7 Å². The topological polar surface area (TPSA) is 83.7 Å². The first kappa shape index (κ1) is 23.2. The number of carbonyl (C=O) groups excluding carboxylic acids is 3. The lowest BCUT2D eigenvalue weighted by Crippen LogP contribution is -2.35. The number of aryl methyl sites for hydroxylation is 1. The second-order valence-electron chi connectivity index (χ2n) is 7.73. The number of amides is 2. The van der Waals surface area contributed by atoms with Gasteiger partial charge in [0, 0.05) is 24.9 Å². The van der Waals surface area contributed by atoms with E-state index in [9.17, 15) is 14.4 Å². The Morgan fingerprint density at radius 3 is 2.81 bits per heavy atom. The summed E-state index contributed by atoms with van der Waals surface area (Å²) < 4.78 is 5.21. The average Bonchev–Trinajstić information content (AvgIpc) is 3.30. The van der Waals surface area contributed by atoms with Crippen molar-refractivity contribution in [1.29, 1.82) is 0 Å². The number of hydrogen-bond donors (Lipinski definition) is 0. The van der Waals surface area contributed by atoms with E-state index in [4.69, 9.17) is 4.42 Å². The second-order valence-corrected chi connectivity index (χ2v) is 8.72. The van der Waals surface area contributed by atoms with Gasteiger partial charge >= 0.3 is 0 Å². The fourth-order valence-electron chi connectivity index (χ4n) is 3.58. The number of likely N-dealkylation sites (tertiary alicyclic amines) is 1. The second kappa shape index (κ2) is 12.4. The number of aromatic nitrogens is 1. The molecule has 0 spiro atoms. The molecule has 0 N–H and O–H groups in total. The zero-order chi connectivity index (χ0) is 21.9. The van der Waals surface area contributed by atoms with Crippen molar-refractivity contribution in [2.45, 2.75) is 44.4 Å². The first-order chi connectivity index (χ1) is 15.1. The van der Waals surface area contributed by atoms with E-state index in [-0.39, 0.29) is 30.4 Å². The summed E-state index contributed by atoms with van der Waals surface area (Å²) in [5, 5.41) is 0. The minimum absolute atomic E-state index is 0.118. The Morgan fingerprint density at radius 1 is 1.23 bits per heavy atom. The highest BCUT2D eigenvalue weighted by Crippen LogP contribution is 2.15. The molecule has 1 saturated heterocycles. The third-order valence-electron chi connectivity index (χ3n) is 5.24. The van der Waals surface area contributed by atoms with E-state index < -0.39 is 0 Å². The van der Waals surface area contributed by atoms with Crippen LogP contribution in [0.5, 0.6) is 0 Å². The number of hydrogen-bond acceptors (Lipinski definition) is 7. The lowest BCUT2D eigenvalue weighted by Gasteiger charge is -2.26. The van der Waals surface area contributed by atoms with E-state index in [1.807, 2.05) is 12.1 Å². The van der Waals surface area contributed by atoms with Crippen LogP contribution in [-0.2, 0) is 33.1 Å². The molecule has 7 nitrogen and oxygen atoms in total. The summed E-state index contributed by atoms with van der Waals surface area (Å²) in [4.78, 5) is 43.6. The Kier molecular flexibility index (Phi) is 9.30. The largest absolute Gasteiger partial charge is 0.468 e. The van der Waals surface area contributed by atoms with Gasteiger partial charge < -0.3 is 4.42 Å². The van der Waals surface area contributed by atoms with Gasteiger partial charge in [0.1, 0.15) is 5.76 Å². The molecule has 2 aromatic rings. The number of nitrogens with zero attached hydrogens (tertiary/aromatic N) is 3. The van der Waals surface area contributed by atoms with Gasteiger partial charge in [-0.3, -0.25) is 29.2 Å². The summed E-state index contributed by atoms with van der Waals surface area (Å²) in [6, 6.07) is 7.68. The Morgan fingerprint density at radius 2 is 2.06 bits per heavy atom. The summed E-state index contributed by atoms with van der Waals surface area (Å²) >= 11 is 1.35. The van der Waals surface area contributed by atoms with Crippen molar-refractivity contribution >= 4 is 29.9 Å². The number of thioether (sulfide) groups is 1. The van der Waals surface area contributed by atoms with Crippen LogP contribution >= 0.6 is 11.8 Å². The fraction of sp³-hybridized carbons (Fsp3) is 0.478. The molecule has 0 aromatic carbocycles. The molecular formula is C23H29N3O4S. The highest BCUT2D eigenvalue weighted by atomic mass is 32.2. The molecule has 2 amide bonds. The molecule has 0 bridgehead atoms. The van der Waals surface area contributed by atoms with E-state index in [0.29, 0.717) is 18.6 Å². The number of furan rings is 1. The van der Waals surface area contributed by atoms with Crippen LogP contribution in [-0.4, -0.2) is 58.3 Å². The van der Waals surface area contributed by atoms with Crippen molar-refractivity contribution in [3.63, 3.8) is 0 Å². The lowest BCUT2D eigenvalue weighted by atomic mass is 10.1. The summed E-state index contributed by atoms with van der Waals surface area (Å²) in [5.41, 5.74) is 2.07. The molecular weight excluding hydrogens is 414 g/mol. The van der Waals surface area contributed by atoms with Gasteiger partial charge in [0.05, 0.1) is 24.3 Å². The van der Waals surface area contributed by atoms with Crippen molar-refractivity contribution in [2.75, 3.05) is 25.4 Å². The molecule has 31 heavy (non-hydrogen) atoms. The number of ketones is 1. The summed E-state index contributed by atoms with van der Waals surface area (Å²) in [6.45, 7) is 2.97. The Hall–Kier alpha value is -2.45. The van der Waals surface area contributed by atoms with Gasteiger partial charge in [-0.2, -0.15) is 0 Å². The minimum atomic E-state index is -0.374. The monoisotopic (exact) mass is 443 g/mol. The summed E-state index contributed by atoms with van der Waals surface area (Å²) in [5.74, 6) is 0.897. The van der Waals surface area contributed by atoms with Crippen LogP contribution < -0.4 is 0 Å². The number of pyridine rings is 1. The zero-order valence-corrected chi connectivity index (χ0v) is 18.5. The van der Waals surface area contributed by atoms with Gasteiger partial charge in [-0.1, -0.05) is 6.42 Å². The third kappa shape index (κ3) is 7.95. The maximum absolute atomic E-state index is 12.3. The third-order valence-corrected chi connectivity index (χ3v) is 6.18. The van der Waals surface area contributed by atoms with Crippen molar-refractivity contribution in [2.24, 2.45) is 0 Å². The highest BCUT2D eigenvalue weighted by Gasteiger charge is 2.17. The SMILES string of the molecule is O=CN(CC(=O)CCc1cc(CN2CCCCC2)ccn1)C(=O)CSCc1ccco1. The van der Waals surface area contributed by atoms with Gasteiger partial charge in [0.25, 0.3) is 0 Å². The number of Topliss-reactive ketones (excluding diaryl/α,β-unsaturated/α-hetero) is 1. The Labute approximate surface area is 187 Å². The van der Waals surface area contributed by atoms with Gasteiger partial charge in [0.2, 0.25) is 12.3 Å². The number of rotatable bonds is 12. The zero-order valence-electron chi connectivity index (χ0n) is 17.7. The molecule has 1 aliphatic heterocycles. The molecule has 3 heterocycles. The molecule has 8 heteroatoms. The average molecular weight is 444 g/mol. The quantitative estimate of drug-likeness (QED) is 0.466. The lowest BCUT2D eigenvalue weighted by molar-refractivity contribution is -0.139. The number of imide groups is 1. The van der Waals surface area contributed by atoms with Crippen LogP contribution in [0.15, 0.2) is 41.1 Å². The Bertz CT molecular complexity index is 850. The smallest absolute Gasteiger partial charge is 0.239 e. The van der Waals surface area contributed by atoms with E-state index in [2.05, 4.69) is 16.0 Å². The van der Waals surface area contributed by atoms with E-state index in [1.54, 1.807) is 18.5 Å². The first-order valence-electron chi connectivity index (χ1n) is 10.7. The molecule has 0 saturated carbocycles. The van der Waals surface area contributed by atoms with Crippen molar-refractivity contribution in [1.82, 2.24) is 14.8 Å². The van der Waals surface area contributed by atoms with Gasteiger partial charge in [-0.05, 0) is 62.2 Å². The van der Waals surface area contributed by atoms with Crippen molar-refractivity contribution in [3.8, 4) is 0 Å². The number of piperidine rings is 1. The normalized spacial score (nSPS) is 14.3. The van der Waals surface area contributed by atoms with Crippen LogP contribution in [0.3, 0.4) is 0 Å². The van der Waals surface area contributed by atoms with Crippen LogP contribution in [0.2, 0.25) is 0 Å². The molecule has 1 aliphatic rings. The predicted octanol–water partition coefficient (Wildman–Crippen LogP) is 3.08. The van der Waals surface area contributed by atoms with Crippen LogP contribution in [0.4, 0.5) is 0 Å². The van der Waals surface area contributed by atoms with Crippen LogP contribution in [0.1, 0.15) is 42.7 Å². The molecule has 0 unspecified atom stereocenters. The van der Waals surface area contributed by atoms with Crippen molar-refractivity contribution < 1.29 is 18.8 Å². The standard InChI is InChI=1S/C23H29N3O4S/c27-18-26(23(29)17-31-16-22-5-4-12-30-22)15-21(28)7-6-20-13-19(8-9-24-20)14-25-10-2-1-3-11-25/h4-5,8-9,12-13,18H,1-3,6-7,10-11,14-17H2. The van der Waals surface area contributed by atoms with Gasteiger partial charge in [-0.15, -0.1) is 11.8 Å². The first-order valence-corrected chi connectivity index (χ1v) is 11.8. The maximum atomic E-state index is 12.3. The molecule has 1 fully saturated rings. The van der Waals surface area contributed by atoms with E-state index in [0.717, 1.165) is 36.0 Å². The molecule has 0 aliphatic carbocycles. The predicted molar refractivity (Wildman–Crippen MR) is 119 cm³/mol. The minimum Gasteiger partial charge on any atom is -0.468 e. The molecule has 166 valence electrons. The maximum Gasteiger partial charge on any atom is 0.239 e. The van der Waals surface area contributed by atoms with Gasteiger partial charge in [-0.25, -0.2) is 0 Å². The Balaban J connectivity index is 1.41. The highest BCUT2D eigenvalue weighted by molar-refractivity contribution is 7.99. The summed E-state index contributed by atoms with van der Waals surface area (Å²) in [6.07, 6.45) is 8.36. The van der Waals surface area contributed by atoms with Gasteiger partial charge in [0.15, 0.2) is 5.78 Å². The van der Waals surface area contributed by atoms with Crippen LogP contribution in [0, 0.1) is 0 Å². The number of carbonyl (C=O) groups is 3. The molecule has 2 aromatic heterocycles. The van der Waals surface area contributed by atoms with E-state index in [1.165, 1.54) is 36.6 Å². The van der Waals surface area contributed by atoms with E-state index >= 15 is 0 Å². The fourth-order valence-corrected chi connectivity index (χ4v) is 4.38. The molecule has 0 radical (unpaired) electrons. The molecule has 0 atom stereocenters. The molecule has 3 rings (SSSR count). The van der Waals surface area contributed by atoms with Crippen LogP contribution in [0.25, 0.3) is 0 Å².